The minimum Gasteiger partial charge on any atom is -0.379 e. The Kier molecular flexibility index (Phi) is 7.56. The summed E-state index contributed by atoms with van der Waals surface area (Å²) in [6.07, 6.45) is 3.32. The third-order valence-corrected chi connectivity index (χ3v) is 8.08. The number of carbonyl (C=O) groups excluding carboxylic acids is 2. The first kappa shape index (κ1) is 25.5. The molecule has 2 aliphatic heterocycles. The SMILES string of the molecule is CC1CCC(N(CC(=O)NN2CCOCC2)C2(Cc3cccc(Cl)c3)C(=O)Nc3cc(Cl)ccc32)C1. The van der Waals surface area contributed by atoms with E-state index in [0.29, 0.717) is 54.4 Å². The Labute approximate surface area is 222 Å². The van der Waals surface area contributed by atoms with Crippen LogP contribution in [0.15, 0.2) is 42.5 Å². The smallest absolute Gasteiger partial charge is 0.249 e. The molecule has 0 bridgehead atoms. The summed E-state index contributed by atoms with van der Waals surface area (Å²) in [4.78, 5) is 29.6. The third-order valence-electron chi connectivity index (χ3n) is 7.61. The maximum absolute atomic E-state index is 14.0. The first-order chi connectivity index (χ1) is 17.3. The molecule has 2 N–H and O–H groups in total. The fourth-order valence-corrected chi connectivity index (χ4v) is 6.30. The van der Waals surface area contributed by atoms with Crippen LogP contribution >= 0.6 is 23.2 Å². The average Bonchev–Trinajstić information content (AvgIpc) is 3.39. The Hall–Kier alpha value is -2.16. The third kappa shape index (κ3) is 5.13. The Balaban J connectivity index is 1.56. The number of carbonyl (C=O) groups is 2. The molecular weight excluding hydrogens is 499 g/mol. The number of amides is 2. The largest absolute Gasteiger partial charge is 0.379 e. The van der Waals surface area contributed by atoms with Crippen LogP contribution < -0.4 is 10.7 Å². The number of morpholine rings is 1. The van der Waals surface area contributed by atoms with Crippen molar-refractivity contribution in [3.8, 4) is 0 Å². The maximum atomic E-state index is 14.0. The van der Waals surface area contributed by atoms with Crippen LogP contribution in [-0.4, -0.2) is 60.6 Å². The molecule has 1 saturated heterocycles. The highest BCUT2D eigenvalue weighted by molar-refractivity contribution is 6.31. The van der Waals surface area contributed by atoms with E-state index in [2.05, 4.69) is 22.6 Å². The monoisotopic (exact) mass is 530 g/mol. The first-order valence-corrected chi connectivity index (χ1v) is 13.4. The Morgan fingerprint density at radius 1 is 1.17 bits per heavy atom. The number of benzene rings is 2. The number of halogens is 2. The second-order valence-electron chi connectivity index (χ2n) is 10.1. The van der Waals surface area contributed by atoms with Crippen LogP contribution in [0.1, 0.15) is 37.3 Å². The van der Waals surface area contributed by atoms with Crippen molar-refractivity contribution >= 4 is 40.7 Å². The van der Waals surface area contributed by atoms with Gasteiger partial charge in [-0.25, -0.2) is 5.01 Å². The minimum atomic E-state index is -1.07. The summed E-state index contributed by atoms with van der Waals surface area (Å²) in [5.74, 6) is 0.257. The van der Waals surface area contributed by atoms with Crippen molar-refractivity contribution in [3.63, 3.8) is 0 Å². The first-order valence-electron chi connectivity index (χ1n) is 12.6. The van der Waals surface area contributed by atoms with Gasteiger partial charge in [0.2, 0.25) is 11.8 Å². The zero-order valence-corrected chi connectivity index (χ0v) is 21.9. The van der Waals surface area contributed by atoms with Gasteiger partial charge in [0.05, 0.1) is 19.8 Å². The fraction of sp³-hybridized carbons (Fsp3) is 0.481. The van der Waals surface area contributed by atoms with Gasteiger partial charge < -0.3 is 10.1 Å². The summed E-state index contributed by atoms with van der Waals surface area (Å²) in [5, 5.41) is 6.14. The van der Waals surface area contributed by atoms with Gasteiger partial charge in [0.1, 0.15) is 5.54 Å². The van der Waals surface area contributed by atoms with Crippen LogP contribution in [0.2, 0.25) is 10.0 Å². The molecule has 0 spiro atoms. The molecule has 7 nitrogen and oxygen atoms in total. The highest BCUT2D eigenvalue weighted by Crippen LogP contribution is 2.47. The van der Waals surface area contributed by atoms with Crippen molar-refractivity contribution in [2.75, 3.05) is 38.2 Å². The molecule has 192 valence electrons. The van der Waals surface area contributed by atoms with E-state index in [1.165, 1.54) is 0 Å². The molecule has 0 aromatic heterocycles. The van der Waals surface area contributed by atoms with Crippen LogP contribution in [0.5, 0.6) is 0 Å². The predicted octanol–water partition coefficient (Wildman–Crippen LogP) is 4.24. The minimum absolute atomic E-state index is 0.0852. The summed E-state index contributed by atoms with van der Waals surface area (Å²) in [6.45, 7) is 4.78. The maximum Gasteiger partial charge on any atom is 0.249 e. The predicted molar refractivity (Wildman–Crippen MR) is 141 cm³/mol. The molecule has 2 aromatic rings. The molecule has 36 heavy (non-hydrogen) atoms. The molecular formula is C27H32Cl2N4O3. The van der Waals surface area contributed by atoms with Crippen LogP contribution in [0.25, 0.3) is 0 Å². The van der Waals surface area contributed by atoms with Gasteiger partial charge in [-0.05, 0) is 55.0 Å². The second kappa shape index (κ2) is 10.7. The van der Waals surface area contributed by atoms with Gasteiger partial charge in [-0.1, -0.05) is 48.3 Å². The number of hydrazine groups is 1. The number of nitrogens with one attached hydrogen (secondary N) is 2. The van der Waals surface area contributed by atoms with Gasteiger partial charge in [0, 0.05) is 46.8 Å². The van der Waals surface area contributed by atoms with Gasteiger partial charge in [-0.15, -0.1) is 0 Å². The molecule has 1 aliphatic carbocycles. The van der Waals surface area contributed by atoms with E-state index in [0.717, 1.165) is 30.4 Å². The normalized spacial score (nSPS) is 26.2. The summed E-state index contributed by atoms with van der Waals surface area (Å²) >= 11 is 12.6. The number of ether oxygens (including phenoxy) is 1. The number of fused-ring (bicyclic) bond motifs is 1. The van der Waals surface area contributed by atoms with E-state index in [9.17, 15) is 9.59 Å². The molecule has 3 unspecified atom stereocenters. The second-order valence-corrected chi connectivity index (χ2v) is 11.0. The van der Waals surface area contributed by atoms with Crippen LogP contribution in [-0.2, 0) is 26.3 Å². The van der Waals surface area contributed by atoms with Crippen molar-refractivity contribution in [2.24, 2.45) is 5.92 Å². The summed E-state index contributed by atoms with van der Waals surface area (Å²) in [7, 11) is 0. The van der Waals surface area contributed by atoms with Gasteiger partial charge in [0.25, 0.3) is 0 Å². The van der Waals surface area contributed by atoms with E-state index in [1.807, 2.05) is 41.4 Å². The zero-order chi connectivity index (χ0) is 25.3. The van der Waals surface area contributed by atoms with E-state index >= 15 is 0 Å². The molecule has 2 fully saturated rings. The fourth-order valence-electron chi connectivity index (χ4n) is 5.91. The molecule has 1 saturated carbocycles. The zero-order valence-electron chi connectivity index (χ0n) is 20.4. The molecule has 3 atom stereocenters. The lowest BCUT2D eigenvalue weighted by molar-refractivity contribution is -0.137. The van der Waals surface area contributed by atoms with Gasteiger partial charge in [-0.3, -0.25) is 19.9 Å². The van der Waals surface area contributed by atoms with Gasteiger partial charge in [-0.2, -0.15) is 0 Å². The summed E-state index contributed by atoms with van der Waals surface area (Å²) in [5.41, 5.74) is 4.45. The summed E-state index contributed by atoms with van der Waals surface area (Å²) in [6, 6.07) is 13.2. The lowest BCUT2D eigenvalue weighted by atomic mass is 9.81. The van der Waals surface area contributed by atoms with Crippen molar-refractivity contribution in [3.05, 3.63) is 63.6 Å². The number of hydrogen-bond donors (Lipinski definition) is 2. The topological polar surface area (TPSA) is 73.9 Å². The van der Waals surface area contributed by atoms with Gasteiger partial charge >= 0.3 is 0 Å². The highest BCUT2D eigenvalue weighted by Gasteiger charge is 2.54. The number of anilines is 1. The van der Waals surface area contributed by atoms with Crippen molar-refractivity contribution < 1.29 is 14.3 Å². The standard InChI is InChI=1S/C27H32Cl2N4O3/c1-18-5-7-22(13-18)33(17-25(34)31-32-9-11-36-12-10-32)27(16-19-3-2-4-20(28)14-19)23-8-6-21(29)15-24(23)30-26(27)35/h2-4,6,8,14-15,18,22H,5,7,9-13,16-17H2,1H3,(H,30,35)(H,31,34). The van der Waals surface area contributed by atoms with E-state index in [1.54, 1.807) is 6.07 Å². The summed E-state index contributed by atoms with van der Waals surface area (Å²) < 4.78 is 5.41. The van der Waals surface area contributed by atoms with Crippen molar-refractivity contribution in [1.29, 1.82) is 0 Å². The van der Waals surface area contributed by atoms with Crippen molar-refractivity contribution in [2.45, 2.75) is 44.2 Å². The molecule has 9 heteroatoms. The highest BCUT2D eigenvalue weighted by atomic mass is 35.5. The molecule has 2 aromatic carbocycles. The number of hydrogen-bond acceptors (Lipinski definition) is 5. The van der Waals surface area contributed by atoms with E-state index < -0.39 is 5.54 Å². The lowest BCUT2D eigenvalue weighted by Crippen LogP contribution is -2.60. The number of nitrogens with zero attached hydrogens (tertiary/aromatic N) is 2. The van der Waals surface area contributed by atoms with Crippen LogP contribution in [0, 0.1) is 5.92 Å². The molecule has 3 aliphatic rings. The average molecular weight is 531 g/mol. The molecule has 2 heterocycles. The Morgan fingerprint density at radius 3 is 2.67 bits per heavy atom. The van der Waals surface area contributed by atoms with Crippen molar-refractivity contribution in [1.82, 2.24) is 15.3 Å². The quantitative estimate of drug-likeness (QED) is 0.560. The molecule has 2 amide bonds. The van der Waals surface area contributed by atoms with Gasteiger partial charge in [0.15, 0.2) is 0 Å². The van der Waals surface area contributed by atoms with Crippen LogP contribution in [0.3, 0.4) is 0 Å². The lowest BCUT2D eigenvalue weighted by Gasteiger charge is -2.43. The van der Waals surface area contributed by atoms with E-state index in [-0.39, 0.29) is 24.4 Å². The molecule has 0 radical (unpaired) electrons. The molecule has 5 rings (SSSR count). The van der Waals surface area contributed by atoms with Crippen LogP contribution in [0.4, 0.5) is 5.69 Å². The Morgan fingerprint density at radius 2 is 1.94 bits per heavy atom. The number of rotatable bonds is 7. The van der Waals surface area contributed by atoms with E-state index in [4.69, 9.17) is 27.9 Å². The Bertz CT molecular complexity index is 1140.